The van der Waals surface area contributed by atoms with Crippen molar-refractivity contribution in [3.05, 3.63) is 11.2 Å². The van der Waals surface area contributed by atoms with E-state index < -0.39 is 0 Å². The molecular formula is C7H11Cl2N5. The first-order valence-corrected chi connectivity index (χ1v) is 4.38. The summed E-state index contributed by atoms with van der Waals surface area (Å²) in [5.74, 6) is 1.51. The molecule has 1 aromatic rings. The second kappa shape index (κ2) is 4.52. The lowest BCUT2D eigenvalue weighted by molar-refractivity contribution is 0.777. The fraction of sp³-hybridized carbons (Fsp3) is 0.429. The van der Waals surface area contributed by atoms with Crippen LogP contribution in [0.25, 0.3) is 0 Å². The van der Waals surface area contributed by atoms with Gasteiger partial charge in [0.1, 0.15) is 10.8 Å². The minimum Gasteiger partial charge on any atom is -0.354 e. The minimum atomic E-state index is 0. The number of rotatable bonds is 1. The molecule has 0 aromatic carbocycles. The zero-order valence-corrected chi connectivity index (χ0v) is 9.19. The summed E-state index contributed by atoms with van der Waals surface area (Å²) in [5.41, 5.74) is 0. The van der Waals surface area contributed by atoms with Crippen LogP contribution in [0, 0.1) is 0 Å². The molecule has 1 aliphatic rings. The van der Waals surface area contributed by atoms with Crippen LogP contribution < -0.4 is 10.6 Å². The molecule has 0 spiro atoms. The standard InChI is InChI=1S/C7H10ClN5.ClH/c1-13-6(5(8)4-11-13)12-7-9-2-3-10-7;/h4H,2-3H2,1H3,(H2,9,10,12);1H. The molecule has 0 unspecified atom stereocenters. The highest BCUT2D eigenvalue weighted by Crippen LogP contribution is 2.19. The van der Waals surface area contributed by atoms with Crippen LogP contribution >= 0.6 is 24.0 Å². The van der Waals surface area contributed by atoms with Gasteiger partial charge < -0.3 is 10.6 Å². The van der Waals surface area contributed by atoms with Gasteiger partial charge in [0.2, 0.25) is 0 Å². The maximum Gasteiger partial charge on any atom is 0.197 e. The van der Waals surface area contributed by atoms with Gasteiger partial charge in [-0.2, -0.15) is 5.10 Å². The van der Waals surface area contributed by atoms with Gasteiger partial charge in [0.25, 0.3) is 0 Å². The molecule has 0 radical (unpaired) electrons. The first kappa shape index (κ1) is 11.1. The third-order valence-corrected chi connectivity index (χ3v) is 2.08. The van der Waals surface area contributed by atoms with Gasteiger partial charge in [0, 0.05) is 13.6 Å². The molecule has 1 aromatic heterocycles. The Balaban J connectivity index is 0.000000980. The summed E-state index contributed by atoms with van der Waals surface area (Å²) in [6.07, 6.45) is 1.60. The molecule has 78 valence electrons. The maximum atomic E-state index is 5.89. The summed E-state index contributed by atoms with van der Waals surface area (Å²) in [7, 11) is 1.82. The number of aliphatic imine (C=N–C) groups is 1. The molecule has 0 bridgehead atoms. The lowest BCUT2D eigenvalue weighted by Gasteiger charge is -2.06. The number of hydrogen-bond acceptors (Lipinski definition) is 4. The summed E-state index contributed by atoms with van der Waals surface area (Å²) in [6.45, 7) is 1.68. The Bertz CT molecular complexity index is 326. The second-order valence-electron chi connectivity index (χ2n) is 2.75. The van der Waals surface area contributed by atoms with E-state index in [9.17, 15) is 0 Å². The zero-order valence-electron chi connectivity index (χ0n) is 7.62. The first-order valence-electron chi connectivity index (χ1n) is 4.00. The van der Waals surface area contributed by atoms with Crippen LogP contribution in [0.1, 0.15) is 0 Å². The van der Waals surface area contributed by atoms with Gasteiger partial charge in [-0.3, -0.25) is 9.67 Å². The molecule has 0 amide bonds. The Hall–Kier alpha value is -0.940. The van der Waals surface area contributed by atoms with Crippen molar-refractivity contribution in [1.29, 1.82) is 0 Å². The van der Waals surface area contributed by atoms with Crippen molar-refractivity contribution in [2.75, 3.05) is 18.4 Å². The Kier molecular flexibility index (Phi) is 3.60. The largest absolute Gasteiger partial charge is 0.354 e. The van der Waals surface area contributed by atoms with Crippen LogP contribution in [0.15, 0.2) is 11.2 Å². The second-order valence-corrected chi connectivity index (χ2v) is 3.15. The molecule has 2 heterocycles. The van der Waals surface area contributed by atoms with Crippen molar-refractivity contribution in [3.8, 4) is 0 Å². The van der Waals surface area contributed by atoms with Crippen molar-refractivity contribution >= 4 is 35.8 Å². The lowest BCUT2D eigenvalue weighted by Crippen LogP contribution is -2.27. The highest BCUT2D eigenvalue weighted by molar-refractivity contribution is 6.33. The highest BCUT2D eigenvalue weighted by Gasteiger charge is 2.10. The fourth-order valence-corrected chi connectivity index (χ4v) is 1.36. The predicted octanol–water partition coefficient (Wildman–Crippen LogP) is 0.866. The average molecular weight is 236 g/mol. The Morgan fingerprint density at radius 1 is 1.64 bits per heavy atom. The monoisotopic (exact) mass is 235 g/mol. The van der Waals surface area contributed by atoms with Gasteiger partial charge in [-0.15, -0.1) is 12.4 Å². The molecular weight excluding hydrogens is 225 g/mol. The Labute approximate surface area is 92.9 Å². The van der Waals surface area contributed by atoms with E-state index in [2.05, 4.69) is 20.7 Å². The third-order valence-electron chi connectivity index (χ3n) is 1.81. The molecule has 2 rings (SSSR count). The van der Waals surface area contributed by atoms with E-state index in [4.69, 9.17) is 11.6 Å². The number of nitrogens with one attached hydrogen (secondary N) is 2. The van der Waals surface area contributed by atoms with E-state index in [-0.39, 0.29) is 12.4 Å². The van der Waals surface area contributed by atoms with E-state index in [0.29, 0.717) is 5.02 Å². The van der Waals surface area contributed by atoms with E-state index in [0.717, 1.165) is 24.9 Å². The SMILES string of the molecule is Cl.Cn1ncc(Cl)c1NC1=NCCN1. The van der Waals surface area contributed by atoms with Gasteiger partial charge in [-0.25, -0.2) is 0 Å². The van der Waals surface area contributed by atoms with E-state index in [1.54, 1.807) is 10.9 Å². The summed E-state index contributed by atoms with van der Waals surface area (Å²) in [5, 5.41) is 10.7. The number of guanidine groups is 1. The quantitative estimate of drug-likeness (QED) is 0.760. The lowest BCUT2D eigenvalue weighted by atomic mass is 10.6. The molecule has 0 aliphatic carbocycles. The van der Waals surface area contributed by atoms with Crippen LogP contribution in [-0.2, 0) is 7.05 Å². The fourth-order valence-electron chi connectivity index (χ4n) is 1.15. The smallest absolute Gasteiger partial charge is 0.197 e. The minimum absolute atomic E-state index is 0. The van der Waals surface area contributed by atoms with Crippen LogP contribution in [0.3, 0.4) is 0 Å². The molecule has 0 fully saturated rings. The molecule has 14 heavy (non-hydrogen) atoms. The van der Waals surface area contributed by atoms with Gasteiger partial charge in [0.05, 0.1) is 12.7 Å². The summed E-state index contributed by atoms with van der Waals surface area (Å²) < 4.78 is 1.67. The molecule has 5 nitrogen and oxygen atoms in total. The number of hydrogen-bond donors (Lipinski definition) is 2. The number of halogens is 2. The number of anilines is 1. The number of aryl methyl sites for hydroxylation is 1. The van der Waals surface area contributed by atoms with Gasteiger partial charge in [-0.1, -0.05) is 11.6 Å². The van der Waals surface area contributed by atoms with Crippen molar-refractivity contribution in [3.63, 3.8) is 0 Å². The van der Waals surface area contributed by atoms with Crippen molar-refractivity contribution < 1.29 is 0 Å². The molecule has 1 aliphatic heterocycles. The highest BCUT2D eigenvalue weighted by atomic mass is 35.5. The molecule has 0 atom stereocenters. The van der Waals surface area contributed by atoms with E-state index >= 15 is 0 Å². The Morgan fingerprint density at radius 2 is 2.43 bits per heavy atom. The number of nitrogens with zero attached hydrogens (tertiary/aromatic N) is 3. The van der Waals surface area contributed by atoms with Crippen molar-refractivity contribution in [1.82, 2.24) is 15.1 Å². The van der Waals surface area contributed by atoms with Crippen molar-refractivity contribution in [2.24, 2.45) is 12.0 Å². The Morgan fingerprint density at radius 3 is 2.93 bits per heavy atom. The maximum absolute atomic E-state index is 5.89. The van der Waals surface area contributed by atoms with Crippen LogP contribution in [0.2, 0.25) is 5.02 Å². The van der Waals surface area contributed by atoms with Gasteiger partial charge >= 0.3 is 0 Å². The van der Waals surface area contributed by atoms with Gasteiger partial charge in [-0.05, 0) is 0 Å². The van der Waals surface area contributed by atoms with Gasteiger partial charge in [0.15, 0.2) is 5.96 Å². The zero-order chi connectivity index (χ0) is 9.26. The summed E-state index contributed by atoms with van der Waals surface area (Å²) in [6, 6.07) is 0. The topological polar surface area (TPSA) is 54.2 Å². The first-order chi connectivity index (χ1) is 6.27. The predicted molar refractivity (Wildman–Crippen MR) is 59.4 cm³/mol. The third kappa shape index (κ3) is 2.10. The average Bonchev–Trinajstić information content (AvgIpc) is 2.70. The summed E-state index contributed by atoms with van der Waals surface area (Å²) >= 11 is 5.89. The van der Waals surface area contributed by atoms with Crippen LogP contribution in [0.4, 0.5) is 5.82 Å². The van der Waals surface area contributed by atoms with Crippen LogP contribution in [0.5, 0.6) is 0 Å². The van der Waals surface area contributed by atoms with Crippen molar-refractivity contribution in [2.45, 2.75) is 0 Å². The number of aromatic nitrogens is 2. The molecule has 0 saturated carbocycles. The molecule has 2 N–H and O–H groups in total. The normalized spacial score (nSPS) is 14.3. The molecule has 0 saturated heterocycles. The summed E-state index contributed by atoms with van der Waals surface area (Å²) in [4.78, 5) is 4.19. The van der Waals surface area contributed by atoms with E-state index in [1.807, 2.05) is 7.05 Å². The molecule has 7 heteroatoms. The van der Waals surface area contributed by atoms with Crippen LogP contribution in [-0.4, -0.2) is 28.8 Å². The van der Waals surface area contributed by atoms with E-state index in [1.165, 1.54) is 0 Å².